The SMILES string of the molecule is CCCNc1nc(C2CC2)nc(NC(C)CSCC)c1C. The zero-order chi connectivity index (χ0) is 15.2. The largest absolute Gasteiger partial charge is 0.370 e. The van der Waals surface area contributed by atoms with E-state index in [4.69, 9.17) is 9.97 Å². The fourth-order valence-electron chi connectivity index (χ4n) is 2.18. The van der Waals surface area contributed by atoms with Crippen LogP contribution >= 0.6 is 11.8 Å². The Labute approximate surface area is 132 Å². The van der Waals surface area contributed by atoms with E-state index in [0.29, 0.717) is 12.0 Å². The second kappa shape index (κ2) is 7.87. The van der Waals surface area contributed by atoms with Crippen molar-refractivity contribution in [2.24, 2.45) is 0 Å². The molecule has 2 N–H and O–H groups in total. The number of hydrogen-bond acceptors (Lipinski definition) is 5. The monoisotopic (exact) mass is 308 g/mol. The minimum atomic E-state index is 0.426. The third-order valence-corrected chi connectivity index (χ3v) is 4.75. The number of hydrogen-bond donors (Lipinski definition) is 2. The molecule has 1 aliphatic rings. The molecule has 0 aliphatic heterocycles. The lowest BCUT2D eigenvalue weighted by atomic mass is 10.2. The molecule has 1 atom stereocenters. The average Bonchev–Trinajstić information content (AvgIpc) is 3.30. The van der Waals surface area contributed by atoms with E-state index in [1.807, 2.05) is 11.8 Å². The number of anilines is 2. The van der Waals surface area contributed by atoms with Crippen molar-refractivity contribution in [2.75, 3.05) is 28.7 Å². The molecule has 0 aromatic carbocycles. The van der Waals surface area contributed by atoms with Crippen LogP contribution in [0.3, 0.4) is 0 Å². The normalized spacial score (nSPS) is 15.8. The third-order valence-electron chi connectivity index (χ3n) is 3.60. The number of rotatable bonds is 9. The first-order valence-corrected chi connectivity index (χ1v) is 9.27. The number of thioether (sulfide) groups is 1. The highest BCUT2D eigenvalue weighted by Gasteiger charge is 2.28. The van der Waals surface area contributed by atoms with Gasteiger partial charge in [-0.3, -0.25) is 0 Å². The van der Waals surface area contributed by atoms with Gasteiger partial charge in [0.2, 0.25) is 0 Å². The molecule has 1 aliphatic carbocycles. The van der Waals surface area contributed by atoms with Gasteiger partial charge in [0.15, 0.2) is 0 Å². The average molecular weight is 308 g/mol. The third kappa shape index (κ3) is 4.77. The molecule has 118 valence electrons. The summed E-state index contributed by atoms with van der Waals surface area (Å²) in [5.74, 6) is 5.87. The second-order valence-corrected chi connectivity index (χ2v) is 7.13. The summed E-state index contributed by atoms with van der Waals surface area (Å²) in [6.45, 7) is 9.67. The molecule has 0 amide bonds. The zero-order valence-electron chi connectivity index (χ0n) is 13.7. The van der Waals surface area contributed by atoms with Gasteiger partial charge in [-0.05, 0) is 38.9 Å². The molecule has 2 rings (SSSR count). The van der Waals surface area contributed by atoms with Crippen LogP contribution in [-0.2, 0) is 0 Å². The van der Waals surface area contributed by atoms with Crippen molar-refractivity contribution in [3.63, 3.8) is 0 Å². The van der Waals surface area contributed by atoms with Crippen LogP contribution in [0.2, 0.25) is 0 Å². The Morgan fingerprint density at radius 3 is 2.57 bits per heavy atom. The van der Waals surface area contributed by atoms with Crippen molar-refractivity contribution in [3.05, 3.63) is 11.4 Å². The van der Waals surface area contributed by atoms with E-state index in [9.17, 15) is 0 Å². The van der Waals surface area contributed by atoms with E-state index in [1.54, 1.807) is 0 Å². The molecule has 0 radical (unpaired) electrons. The molecule has 21 heavy (non-hydrogen) atoms. The van der Waals surface area contributed by atoms with Crippen molar-refractivity contribution >= 4 is 23.4 Å². The molecule has 1 saturated carbocycles. The molecule has 0 bridgehead atoms. The van der Waals surface area contributed by atoms with Crippen LogP contribution in [0.15, 0.2) is 0 Å². The summed E-state index contributed by atoms with van der Waals surface area (Å²) < 4.78 is 0. The van der Waals surface area contributed by atoms with Crippen molar-refractivity contribution in [3.8, 4) is 0 Å². The van der Waals surface area contributed by atoms with Crippen LogP contribution in [0.1, 0.15) is 57.3 Å². The van der Waals surface area contributed by atoms with E-state index < -0.39 is 0 Å². The van der Waals surface area contributed by atoms with E-state index in [2.05, 4.69) is 38.3 Å². The Balaban J connectivity index is 2.15. The maximum absolute atomic E-state index is 4.78. The van der Waals surface area contributed by atoms with Gasteiger partial charge in [0.25, 0.3) is 0 Å². The van der Waals surface area contributed by atoms with Crippen LogP contribution in [0, 0.1) is 6.92 Å². The Kier molecular flexibility index (Phi) is 6.15. The predicted molar refractivity (Wildman–Crippen MR) is 93.6 cm³/mol. The molecule has 5 heteroatoms. The molecule has 1 unspecified atom stereocenters. The van der Waals surface area contributed by atoms with E-state index in [-0.39, 0.29) is 0 Å². The van der Waals surface area contributed by atoms with Gasteiger partial charge in [-0.25, -0.2) is 9.97 Å². The zero-order valence-corrected chi connectivity index (χ0v) is 14.5. The minimum absolute atomic E-state index is 0.426. The standard InChI is InChI=1S/C16H28N4S/c1-5-9-17-14-12(4)15(18-11(3)10-21-6-2)20-16(19-14)13-7-8-13/h11,13H,5-10H2,1-4H3,(H2,17,18,19,20). The fraction of sp³-hybridized carbons (Fsp3) is 0.750. The first-order chi connectivity index (χ1) is 10.2. The maximum Gasteiger partial charge on any atom is 0.136 e. The predicted octanol–water partition coefficient (Wildman–Crippen LogP) is 4.04. The molecular weight excluding hydrogens is 280 g/mol. The Bertz CT molecular complexity index is 460. The lowest BCUT2D eigenvalue weighted by molar-refractivity contribution is 0.861. The lowest BCUT2D eigenvalue weighted by Gasteiger charge is -2.18. The van der Waals surface area contributed by atoms with Crippen molar-refractivity contribution in [2.45, 2.75) is 58.9 Å². The molecule has 1 fully saturated rings. The first-order valence-electron chi connectivity index (χ1n) is 8.12. The summed E-state index contributed by atoms with van der Waals surface area (Å²) in [5, 5.41) is 7.02. The molecular formula is C16H28N4S. The van der Waals surface area contributed by atoms with Crippen molar-refractivity contribution < 1.29 is 0 Å². The number of nitrogens with one attached hydrogen (secondary N) is 2. The fourth-order valence-corrected chi connectivity index (χ4v) is 2.86. The van der Waals surface area contributed by atoms with Crippen molar-refractivity contribution in [1.29, 1.82) is 0 Å². The maximum atomic E-state index is 4.78. The van der Waals surface area contributed by atoms with Crippen LogP contribution < -0.4 is 10.6 Å². The van der Waals surface area contributed by atoms with E-state index in [0.717, 1.165) is 47.5 Å². The van der Waals surface area contributed by atoms with Crippen LogP contribution in [0.5, 0.6) is 0 Å². The molecule has 0 saturated heterocycles. The summed E-state index contributed by atoms with van der Waals surface area (Å²) in [7, 11) is 0. The van der Waals surface area contributed by atoms with E-state index >= 15 is 0 Å². The van der Waals surface area contributed by atoms with Gasteiger partial charge in [-0.1, -0.05) is 13.8 Å². The quantitative estimate of drug-likeness (QED) is 0.721. The molecule has 4 nitrogen and oxygen atoms in total. The van der Waals surface area contributed by atoms with Gasteiger partial charge in [0.1, 0.15) is 17.5 Å². The molecule has 1 heterocycles. The summed E-state index contributed by atoms with van der Waals surface area (Å²) in [6, 6.07) is 0.426. The van der Waals surface area contributed by atoms with Crippen LogP contribution in [-0.4, -0.2) is 34.1 Å². The summed E-state index contributed by atoms with van der Waals surface area (Å²) in [6.07, 6.45) is 3.57. The highest BCUT2D eigenvalue weighted by atomic mass is 32.2. The molecule has 1 aromatic heterocycles. The smallest absolute Gasteiger partial charge is 0.136 e. The van der Waals surface area contributed by atoms with Gasteiger partial charge >= 0.3 is 0 Å². The minimum Gasteiger partial charge on any atom is -0.370 e. The van der Waals surface area contributed by atoms with Crippen LogP contribution in [0.25, 0.3) is 0 Å². The Morgan fingerprint density at radius 2 is 1.95 bits per heavy atom. The van der Waals surface area contributed by atoms with Crippen molar-refractivity contribution in [1.82, 2.24) is 9.97 Å². The highest BCUT2D eigenvalue weighted by molar-refractivity contribution is 7.99. The van der Waals surface area contributed by atoms with Gasteiger partial charge in [-0.2, -0.15) is 11.8 Å². The summed E-state index contributed by atoms with van der Waals surface area (Å²) in [4.78, 5) is 9.51. The Morgan fingerprint density at radius 1 is 1.24 bits per heavy atom. The number of aromatic nitrogens is 2. The summed E-state index contributed by atoms with van der Waals surface area (Å²) >= 11 is 1.96. The summed E-state index contributed by atoms with van der Waals surface area (Å²) in [5.41, 5.74) is 1.14. The topological polar surface area (TPSA) is 49.8 Å². The van der Waals surface area contributed by atoms with Gasteiger partial charge in [0, 0.05) is 29.8 Å². The Hall–Kier alpha value is -0.970. The highest BCUT2D eigenvalue weighted by Crippen LogP contribution is 2.39. The van der Waals surface area contributed by atoms with Gasteiger partial charge in [0.05, 0.1) is 0 Å². The van der Waals surface area contributed by atoms with E-state index in [1.165, 1.54) is 12.8 Å². The van der Waals surface area contributed by atoms with Crippen LogP contribution in [0.4, 0.5) is 11.6 Å². The van der Waals surface area contributed by atoms with Gasteiger partial charge in [-0.15, -0.1) is 0 Å². The molecule has 1 aromatic rings. The van der Waals surface area contributed by atoms with Gasteiger partial charge < -0.3 is 10.6 Å². The second-order valence-electron chi connectivity index (χ2n) is 5.81. The molecule has 0 spiro atoms. The lowest BCUT2D eigenvalue weighted by Crippen LogP contribution is -2.21. The first kappa shape index (κ1) is 16.4. The number of nitrogens with zero attached hydrogens (tertiary/aromatic N) is 2.